The van der Waals surface area contributed by atoms with Crippen LogP contribution in [0.4, 0.5) is 10.1 Å². The topological polar surface area (TPSA) is 80.1 Å². The van der Waals surface area contributed by atoms with Crippen LogP contribution < -0.4 is 10.2 Å². The van der Waals surface area contributed by atoms with Crippen LogP contribution in [0.15, 0.2) is 85.3 Å². The number of anilines is 1. The Hall–Kier alpha value is -4.08. The first kappa shape index (κ1) is 24.3. The lowest BCUT2D eigenvalue weighted by Gasteiger charge is -2.28. The van der Waals surface area contributed by atoms with Crippen LogP contribution in [0.25, 0.3) is 16.6 Å². The third-order valence-electron chi connectivity index (χ3n) is 6.79. The first-order valence-corrected chi connectivity index (χ1v) is 13.1. The lowest BCUT2D eigenvalue weighted by atomic mass is 9.98. The Morgan fingerprint density at radius 3 is 2.55 bits per heavy atom. The molecule has 2 aromatic carbocycles. The molecule has 2 amide bonds. The Labute approximate surface area is 226 Å². The van der Waals surface area contributed by atoms with Crippen molar-refractivity contribution in [3.63, 3.8) is 0 Å². The van der Waals surface area contributed by atoms with Gasteiger partial charge in [-0.2, -0.15) is 5.10 Å². The van der Waals surface area contributed by atoms with Crippen molar-refractivity contribution in [1.82, 2.24) is 20.1 Å². The summed E-state index contributed by atoms with van der Waals surface area (Å²) in [4.78, 5) is 33.4. The zero-order chi connectivity index (χ0) is 26.4. The average Bonchev–Trinajstić information content (AvgIpc) is 3.62. The molecule has 10 heteroatoms. The van der Waals surface area contributed by atoms with E-state index in [4.69, 9.17) is 11.6 Å². The average molecular weight is 546 g/mol. The zero-order valence-electron chi connectivity index (χ0n) is 20.1. The van der Waals surface area contributed by atoms with Crippen molar-refractivity contribution in [3.8, 4) is 5.69 Å². The van der Waals surface area contributed by atoms with Crippen molar-refractivity contribution >= 4 is 51.3 Å². The SMILES string of the molecule is CC1C(=O)N(c2ccc3c(cnn3-c3ccc(F)cc3)c2)C(c2ccc(Cl)s2)[C@H]1NC(=O)c1cccnc1. The van der Waals surface area contributed by atoms with Crippen molar-refractivity contribution in [2.45, 2.75) is 19.0 Å². The molecule has 6 rings (SSSR count). The molecule has 4 heterocycles. The Morgan fingerprint density at radius 2 is 1.84 bits per heavy atom. The minimum absolute atomic E-state index is 0.110. The van der Waals surface area contributed by atoms with E-state index in [-0.39, 0.29) is 17.6 Å². The predicted octanol–water partition coefficient (Wildman–Crippen LogP) is 5.80. The Bertz CT molecular complexity index is 1650. The van der Waals surface area contributed by atoms with Gasteiger partial charge >= 0.3 is 0 Å². The number of amides is 2. The number of aromatic nitrogens is 3. The maximum absolute atomic E-state index is 13.7. The molecule has 3 atom stereocenters. The number of carbonyl (C=O) groups is 2. The molecule has 0 aliphatic carbocycles. The molecule has 5 aromatic rings. The van der Waals surface area contributed by atoms with Gasteiger partial charge in [0.05, 0.1) is 45.3 Å². The van der Waals surface area contributed by atoms with E-state index in [9.17, 15) is 14.0 Å². The fourth-order valence-electron chi connectivity index (χ4n) is 4.92. The van der Waals surface area contributed by atoms with E-state index in [0.29, 0.717) is 15.6 Å². The molecular formula is C28H21ClFN5O2S. The number of nitrogens with one attached hydrogen (secondary N) is 1. The van der Waals surface area contributed by atoms with Crippen LogP contribution in [0, 0.1) is 11.7 Å². The summed E-state index contributed by atoms with van der Waals surface area (Å²) in [5, 5.41) is 8.37. The van der Waals surface area contributed by atoms with E-state index in [1.54, 1.807) is 52.3 Å². The van der Waals surface area contributed by atoms with Gasteiger partial charge in [-0.1, -0.05) is 18.5 Å². The van der Waals surface area contributed by atoms with Crippen molar-refractivity contribution < 1.29 is 14.0 Å². The van der Waals surface area contributed by atoms with Crippen molar-refractivity contribution in [2.24, 2.45) is 5.92 Å². The third-order valence-corrected chi connectivity index (χ3v) is 8.09. The minimum atomic E-state index is -0.498. The first-order chi connectivity index (χ1) is 18.4. The molecule has 0 radical (unpaired) electrons. The van der Waals surface area contributed by atoms with Crippen LogP contribution in [0.1, 0.15) is 28.2 Å². The minimum Gasteiger partial charge on any atom is -0.346 e. The lowest BCUT2D eigenvalue weighted by molar-refractivity contribution is -0.120. The molecule has 7 nitrogen and oxygen atoms in total. The smallest absolute Gasteiger partial charge is 0.253 e. The van der Waals surface area contributed by atoms with Crippen molar-refractivity contribution in [2.75, 3.05) is 4.90 Å². The second kappa shape index (κ2) is 9.66. The monoisotopic (exact) mass is 545 g/mol. The molecule has 1 N–H and O–H groups in total. The molecule has 0 bridgehead atoms. The summed E-state index contributed by atoms with van der Waals surface area (Å²) >= 11 is 7.67. The molecule has 2 unspecified atom stereocenters. The zero-order valence-corrected chi connectivity index (χ0v) is 21.7. The highest BCUT2D eigenvalue weighted by atomic mass is 35.5. The fourth-order valence-corrected chi connectivity index (χ4v) is 6.12. The highest BCUT2D eigenvalue weighted by Gasteiger charge is 2.48. The summed E-state index contributed by atoms with van der Waals surface area (Å²) in [5.74, 6) is -1.22. The van der Waals surface area contributed by atoms with Gasteiger partial charge in [0.15, 0.2) is 0 Å². The number of benzene rings is 2. The number of fused-ring (bicyclic) bond motifs is 1. The quantitative estimate of drug-likeness (QED) is 0.303. The number of thiophene rings is 1. The van der Waals surface area contributed by atoms with E-state index in [2.05, 4.69) is 15.4 Å². The molecule has 38 heavy (non-hydrogen) atoms. The standard InChI is InChI=1S/C28H21ClFN5O2S/c1-16-25(33-27(36)17-3-2-12-31-14-17)26(23-10-11-24(29)38-23)34(28(16)37)21-8-9-22-18(13-21)15-32-35(22)20-6-4-19(30)5-7-20/h2-16,25-26H,1H3,(H,33,36)/t16?,25-,26?/m0/s1. The molecule has 190 valence electrons. The second-order valence-electron chi connectivity index (χ2n) is 9.10. The van der Waals surface area contributed by atoms with Gasteiger partial charge in [0.2, 0.25) is 5.91 Å². The fraction of sp³-hybridized carbons (Fsp3) is 0.143. The molecular weight excluding hydrogens is 525 g/mol. The number of rotatable bonds is 5. The van der Waals surface area contributed by atoms with Crippen LogP contribution in [0.5, 0.6) is 0 Å². The van der Waals surface area contributed by atoms with E-state index >= 15 is 0 Å². The number of hydrogen-bond acceptors (Lipinski definition) is 5. The van der Waals surface area contributed by atoms with Gasteiger partial charge in [-0.15, -0.1) is 11.3 Å². The number of carbonyl (C=O) groups excluding carboxylic acids is 2. The number of pyridine rings is 1. The molecule has 0 saturated carbocycles. The van der Waals surface area contributed by atoms with Crippen LogP contribution in [-0.4, -0.2) is 32.6 Å². The maximum Gasteiger partial charge on any atom is 0.253 e. The van der Waals surface area contributed by atoms with Gasteiger partial charge in [0.25, 0.3) is 5.91 Å². The summed E-state index contributed by atoms with van der Waals surface area (Å²) < 4.78 is 15.7. The Kier molecular flexibility index (Phi) is 6.17. The molecule has 1 aliphatic rings. The van der Waals surface area contributed by atoms with Gasteiger partial charge < -0.3 is 10.2 Å². The third kappa shape index (κ3) is 4.23. The highest BCUT2D eigenvalue weighted by molar-refractivity contribution is 7.16. The molecule has 3 aromatic heterocycles. The molecule has 1 aliphatic heterocycles. The normalized spacial score (nSPS) is 19.3. The molecule has 0 spiro atoms. The van der Waals surface area contributed by atoms with Crippen LogP contribution >= 0.6 is 22.9 Å². The van der Waals surface area contributed by atoms with E-state index in [1.807, 2.05) is 31.2 Å². The van der Waals surface area contributed by atoms with Gasteiger partial charge in [0.1, 0.15) is 5.82 Å². The molecule has 1 saturated heterocycles. The summed E-state index contributed by atoms with van der Waals surface area (Å²) in [7, 11) is 0. The summed E-state index contributed by atoms with van der Waals surface area (Å²) in [6.45, 7) is 1.82. The summed E-state index contributed by atoms with van der Waals surface area (Å²) in [6.07, 6.45) is 4.81. The van der Waals surface area contributed by atoms with Crippen LogP contribution in [0.2, 0.25) is 4.34 Å². The van der Waals surface area contributed by atoms with Gasteiger partial charge in [0, 0.05) is 28.3 Å². The van der Waals surface area contributed by atoms with Crippen LogP contribution in [0.3, 0.4) is 0 Å². The van der Waals surface area contributed by atoms with Crippen molar-refractivity contribution in [3.05, 3.63) is 106 Å². The van der Waals surface area contributed by atoms with Gasteiger partial charge in [-0.3, -0.25) is 14.6 Å². The van der Waals surface area contributed by atoms with Gasteiger partial charge in [-0.05, 0) is 66.7 Å². The maximum atomic E-state index is 13.7. The molecule has 1 fully saturated rings. The van der Waals surface area contributed by atoms with E-state index in [0.717, 1.165) is 21.5 Å². The lowest BCUT2D eigenvalue weighted by Crippen LogP contribution is -2.41. The van der Waals surface area contributed by atoms with Crippen molar-refractivity contribution in [1.29, 1.82) is 0 Å². The number of hydrogen-bond donors (Lipinski definition) is 1. The summed E-state index contributed by atoms with van der Waals surface area (Å²) in [5.41, 5.74) is 2.64. The number of nitrogens with zero attached hydrogens (tertiary/aromatic N) is 4. The largest absolute Gasteiger partial charge is 0.346 e. The van der Waals surface area contributed by atoms with Gasteiger partial charge in [-0.25, -0.2) is 9.07 Å². The van der Waals surface area contributed by atoms with Crippen LogP contribution in [-0.2, 0) is 4.79 Å². The first-order valence-electron chi connectivity index (χ1n) is 11.9. The number of halogens is 2. The van der Waals surface area contributed by atoms with E-state index in [1.165, 1.54) is 29.7 Å². The predicted molar refractivity (Wildman–Crippen MR) is 145 cm³/mol. The Balaban J connectivity index is 1.39. The highest BCUT2D eigenvalue weighted by Crippen LogP contribution is 2.44. The summed E-state index contributed by atoms with van der Waals surface area (Å²) in [6, 6.07) is 17.9. The van der Waals surface area contributed by atoms with E-state index < -0.39 is 18.0 Å². The second-order valence-corrected chi connectivity index (χ2v) is 10.8. The Morgan fingerprint density at radius 1 is 1.05 bits per heavy atom.